The Morgan fingerprint density at radius 1 is 1.14 bits per heavy atom. The number of nitrogens with one attached hydrogen (secondary N) is 1. The number of aliphatic hydroxyl groups is 1. The standard InChI is InChI=1S/C37H41Cl2N7O4S/c1-22-5-3-7-31(47)27-11-8-25(27)17-46-20-37(14-4-6-23-15-26(38)10-12-29(23)37)21-50-32-13-9-24(16-30(32)46)35(48)44-51(49,19-22)43-34-28-18-45(2)42-33(28)40-36(39)41-34/h3,7,9-10,12-13,15-16,18,22,25,27,31,47H,4-6,8,11,14,17,19-21H2,1-2H3,(H,40,41,42,43,44,48,49)/b7-3+/t22-,25-,27+,31-,37-,51?/m0/s1. The van der Waals surface area contributed by atoms with Crippen molar-refractivity contribution in [1.29, 1.82) is 0 Å². The van der Waals surface area contributed by atoms with Crippen LogP contribution in [0.25, 0.3) is 11.0 Å². The Balaban J connectivity index is 1.22. The normalized spacial score (nSPS) is 30.0. The van der Waals surface area contributed by atoms with E-state index in [-0.39, 0.29) is 40.0 Å². The number of aromatic nitrogens is 4. The topological polar surface area (TPSA) is 135 Å². The molecule has 8 rings (SSSR count). The molecular weight excluding hydrogens is 709 g/mol. The highest BCUT2D eigenvalue weighted by molar-refractivity contribution is 7.95. The van der Waals surface area contributed by atoms with E-state index in [2.05, 4.69) is 41.2 Å². The van der Waals surface area contributed by atoms with Crippen LogP contribution >= 0.6 is 23.2 Å². The van der Waals surface area contributed by atoms with Crippen LogP contribution < -0.4 is 14.4 Å². The molecule has 2 aromatic carbocycles. The molecule has 2 bridgehead atoms. The number of anilines is 2. The average Bonchev–Trinajstić information content (AvgIpc) is 3.37. The number of hydrogen-bond donors (Lipinski definition) is 2. The molecule has 51 heavy (non-hydrogen) atoms. The van der Waals surface area contributed by atoms with E-state index in [1.807, 2.05) is 37.3 Å². The number of hydrogen-bond acceptors (Lipinski definition) is 8. The second-order valence-electron chi connectivity index (χ2n) is 14.7. The van der Waals surface area contributed by atoms with Gasteiger partial charge in [0, 0.05) is 42.3 Å². The monoisotopic (exact) mass is 749 g/mol. The molecule has 11 nitrogen and oxygen atoms in total. The maximum atomic E-state index is 14.8. The zero-order valence-electron chi connectivity index (χ0n) is 28.6. The van der Waals surface area contributed by atoms with Crippen LogP contribution in [0.5, 0.6) is 5.75 Å². The van der Waals surface area contributed by atoms with E-state index in [1.54, 1.807) is 24.0 Å². The number of carbonyl (C=O) groups excluding carboxylic acids is 1. The fourth-order valence-corrected chi connectivity index (χ4v) is 10.7. The summed E-state index contributed by atoms with van der Waals surface area (Å²) in [5.41, 5.74) is 3.65. The van der Waals surface area contributed by atoms with Crippen molar-refractivity contribution in [3.63, 3.8) is 0 Å². The number of aliphatic hydroxyl groups excluding tert-OH is 1. The van der Waals surface area contributed by atoms with Crippen molar-refractivity contribution in [3.05, 3.63) is 81.7 Å². The Morgan fingerprint density at radius 2 is 2.00 bits per heavy atom. The van der Waals surface area contributed by atoms with Crippen LogP contribution in [0, 0.1) is 17.8 Å². The Hall–Kier alpha value is -3.71. The van der Waals surface area contributed by atoms with Gasteiger partial charge >= 0.3 is 0 Å². The van der Waals surface area contributed by atoms with Gasteiger partial charge in [0.2, 0.25) is 5.28 Å². The lowest BCUT2D eigenvalue weighted by atomic mass is 9.68. The molecule has 6 atom stereocenters. The van der Waals surface area contributed by atoms with E-state index < -0.39 is 21.9 Å². The minimum absolute atomic E-state index is 0.0424. The molecule has 2 aromatic heterocycles. The molecule has 1 amide bonds. The van der Waals surface area contributed by atoms with E-state index in [0.29, 0.717) is 48.5 Å². The number of fused-ring (bicyclic) bond motifs is 5. The molecule has 1 spiro atoms. The summed E-state index contributed by atoms with van der Waals surface area (Å²) in [6, 6.07) is 11.5. The molecule has 4 aliphatic rings. The van der Waals surface area contributed by atoms with E-state index in [1.165, 1.54) is 11.1 Å². The highest BCUT2D eigenvalue weighted by Gasteiger charge is 2.44. The molecule has 268 valence electrons. The number of ether oxygens (including phenoxy) is 1. The first-order chi connectivity index (χ1) is 24.5. The quantitative estimate of drug-likeness (QED) is 0.170. The van der Waals surface area contributed by atoms with Crippen LogP contribution in [0.2, 0.25) is 10.3 Å². The average molecular weight is 751 g/mol. The summed E-state index contributed by atoms with van der Waals surface area (Å²) < 4.78 is 30.4. The number of carbonyl (C=O) groups is 1. The van der Waals surface area contributed by atoms with Gasteiger partial charge in [0.25, 0.3) is 5.91 Å². The summed E-state index contributed by atoms with van der Waals surface area (Å²) in [6.07, 6.45) is 10.4. The van der Waals surface area contributed by atoms with Gasteiger partial charge in [-0.2, -0.15) is 15.1 Å². The molecule has 14 heteroatoms. The summed E-state index contributed by atoms with van der Waals surface area (Å²) in [5, 5.41) is 16.8. The first-order valence-electron chi connectivity index (χ1n) is 17.6. The van der Waals surface area contributed by atoms with Crippen LogP contribution in [0.4, 0.5) is 11.5 Å². The predicted octanol–water partition coefficient (Wildman–Crippen LogP) is 6.76. The number of allylic oxidation sites excluding steroid dienone is 1. The Morgan fingerprint density at radius 3 is 2.82 bits per heavy atom. The highest BCUT2D eigenvalue weighted by atomic mass is 35.5. The van der Waals surface area contributed by atoms with Crippen molar-refractivity contribution in [1.82, 2.24) is 19.7 Å². The van der Waals surface area contributed by atoms with Crippen LogP contribution in [-0.4, -0.2) is 66.5 Å². The third-order valence-electron chi connectivity index (χ3n) is 11.0. The minimum atomic E-state index is -3.45. The lowest BCUT2D eigenvalue weighted by molar-refractivity contribution is 0.0456. The molecule has 1 fully saturated rings. The van der Waals surface area contributed by atoms with Gasteiger partial charge in [0.1, 0.15) is 15.7 Å². The number of nitrogens with zero attached hydrogens (tertiary/aromatic N) is 6. The van der Waals surface area contributed by atoms with Gasteiger partial charge in [0.15, 0.2) is 11.5 Å². The molecule has 0 radical (unpaired) electrons. The zero-order valence-corrected chi connectivity index (χ0v) is 30.9. The van der Waals surface area contributed by atoms with Crippen molar-refractivity contribution in [3.8, 4) is 5.75 Å². The number of benzene rings is 2. The SMILES string of the molecule is C[C@H]1C/C=C/[C@H](O)[C@@H]2CC[C@H]2CN2C[C@@]3(CCCc4cc(Cl)ccc43)COc3ccc(cc32)C(=O)N=S(=O)(Nc2nc(Cl)nc3nn(C)cc23)C1. The van der Waals surface area contributed by atoms with Gasteiger partial charge in [-0.3, -0.25) is 14.2 Å². The highest BCUT2D eigenvalue weighted by Crippen LogP contribution is 2.47. The molecular formula is C37H41Cl2N7O4S. The molecule has 2 aliphatic carbocycles. The second-order valence-corrected chi connectivity index (χ2v) is 17.5. The van der Waals surface area contributed by atoms with Crippen molar-refractivity contribution in [2.75, 3.05) is 35.1 Å². The molecule has 4 heterocycles. The Bertz CT molecular complexity index is 2180. The van der Waals surface area contributed by atoms with Gasteiger partial charge in [-0.25, -0.2) is 4.21 Å². The lowest BCUT2D eigenvalue weighted by Crippen LogP contribution is -2.49. The molecule has 1 saturated carbocycles. The maximum Gasteiger partial charge on any atom is 0.286 e. The second kappa shape index (κ2) is 13.4. The Kier molecular flexibility index (Phi) is 9.01. The number of halogens is 2. The number of aryl methyl sites for hydroxylation is 2. The van der Waals surface area contributed by atoms with Crippen LogP contribution in [-0.2, 0) is 28.8 Å². The first kappa shape index (κ1) is 34.4. The van der Waals surface area contributed by atoms with Crippen LogP contribution in [0.15, 0.2) is 59.1 Å². The summed E-state index contributed by atoms with van der Waals surface area (Å²) >= 11 is 12.7. The third-order valence-corrected chi connectivity index (χ3v) is 13.4. The summed E-state index contributed by atoms with van der Waals surface area (Å²) in [7, 11) is -1.71. The summed E-state index contributed by atoms with van der Waals surface area (Å²) in [4.78, 5) is 25.0. The van der Waals surface area contributed by atoms with Crippen molar-refractivity contribution >= 4 is 61.6 Å². The van der Waals surface area contributed by atoms with E-state index in [4.69, 9.17) is 27.9 Å². The van der Waals surface area contributed by atoms with Crippen LogP contribution in [0.3, 0.4) is 0 Å². The molecule has 0 saturated heterocycles. The predicted molar refractivity (Wildman–Crippen MR) is 200 cm³/mol. The summed E-state index contributed by atoms with van der Waals surface area (Å²) in [5.74, 6) is 0.523. The molecule has 4 aromatic rings. The van der Waals surface area contributed by atoms with Crippen LogP contribution in [0.1, 0.15) is 60.5 Å². The fraction of sp³-hybridized carbons (Fsp3) is 0.459. The van der Waals surface area contributed by atoms with Gasteiger partial charge < -0.3 is 14.7 Å². The van der Waals surface area contributed by atoms with E-state index in [9.17, 15) is 14.1 Å². The smallest absolute Gasteiger partial charge is 0.286 e. The minimum Gasteiger partial charge on any atom is -0.490 e. The van der Waals surface area contributed by atoms with E-state index >= 15 is 0 Å². The maximum absolute atomic E-state index is 14.8. The van der Waals surface area contributed by atoms with Gasteiger partial charge in [-0.15, -0.1) is 4.36 Å². The molecule has 2 aliphatic heterocycles. The van der Waals surface area contributed by atoms with E-state index in [0.717, 1.165) is 42.8 Å². The lowest BCUT2D eigenvalue weighted by Gasteiger charge is -2.45. The van der Waals surface area contributed by atoms with Crippen molar-refractivity contribution in [2.24, 2.45) is 29.2 Å². The first-order valence-corrected chi connectivity index (χ1v) is 20.0. The largest absolute Gasteiger partial charge is 0.490 e. The molecule has 2 N–H and O–H groups in total. The van der Waals surface area contributed by atoms with Crippen molar-refractivity contribution in [2.45, 2.75) is 57.0 Å². The van der Waals surface area contributed by atoms with Gasteiger partial charge in [0.05, 0.1) is 29.5 Å². The van der Waals surface area contributed by atoms with Crippen molar-refractivity contribution < 1.29 is 18.8 Å². The zero-order chi connectivity index (χ0) is 35.5. The molecule has 1 unspecified atom stereocenters. The van der Waals surface area contributed by atoms with Gasteiger partial charge in [-0.05, 0) is 109 Å². The fourth-order valence-electron chi connectivity index (χ4n) is 8.36. The number of rotatable bonds is 2. The third kappa shape index (κ3) is 6.71. The Labute approximate surface area is 307 Å². The number of amides is 1. The van der Waals surface area contributed by atoms with Gasteiger partial charge in [-0.1, -0.05) is 36.7 Å². The summed E-state index contributed by atoms with van der Waals surface area (Å²) in [6.45, 7) is 3.83.